The van der Waals surface area contributed by atoms with Crippen LogP contribution in [-0.2, 0) is 4.79 Å². The second-order valence-corrected chi connectivity index (χ2v) is 3.66. The first-order valence-corrected chi connectivity index (χ1v) is 4.67. The van der Waals surface area contributed by atoms with E-state index in [0.717, 1.165) is 25.9 Å². The van der Waals surface area contributed by atoms with Gasteiger partial charge in [0.2, 0.25) is 5.91 Å². The van der Waals surface area contributed by atoms with E-state index in [1.807, 2.05) is 4.90 Å². The van der Waals surface area contributed by atoms with E-state index in [0.29, 0.717) is 11.8 Å². The fourth-order valence-electron chi connectivity index (χ4n) is 1.97. The Balaban J connectivity index is 1.87. The molecule has 0 spiro atoms. The zero-order valence-corrected chi connectivity index (χ0v) is 6.88. The first-order valence-electron chi connectivity index (χ1n) is 4.67. The van der Waals surface area contributed by atoms with Crippen molar-refractivity contribution in [1.82, 2.24) is 4.90 Å². The molecule has 1 aliphatic carbocycles. The van der Waals surface area contributed by atoms with Gasteiger partial charge in [0.05, 0.1) is 0 Å². The minimum Gasteiger partial charge on any atom is -0.342 e. The summed E-state index contributed by atoms with van der Waals surface area (Å²) < 4.78 is 0. The number of carbonyl (C=O) groups is 1. The minimum absolute atomic E-state index is 0.398. The van der Waals surface area contributed by atoms with Crippen LogP contribution in [0.15, 0.2) is 0 Å². The zero-order chi connectivity index (χ0) is 7.68. The summed E-state index contributed by atoms with van der Waals surface area (Å²) in [6, 6.07) is 0. The van der Waals surface area contributed by atoms with E-state index >= 15 is 0 Å². The van der Waals surface area contributed by atoms with E-state index in [1.54, 1.807) is 0 Å². The van der Waals surface area contributed by atoms with Crippen LogP contribution in [0, 0.1) is 5.92 Å². The fraction of sp³-hybridized carbons (Fsp3) is 0.889. The molecule has 0 radical (unpaired) electrons. The number of hydrogen-bond donors (Lipinski definition) is 0. The van der Waals surface area contributed by atoms with Gasteiger partial charge in [0, 0.05) is 19.0 Å². The van der Waals surface area contributed by atoms with E-state index in [1.165, 1.54) is 19.3 Å². The number of amides is 1. The highest BCUT2D eigenvalue weighted by molar-refractivity contribution is 5.79. The topological polar surface area (TPSA) is 20.3 Å². The molecule has 0 aromatic heterocycles. The number of rotatable bonds is 1. The molecule has 2 rings (SSSR count). The molecule has 62 valence electrons. The van der Waals surface area contributed by atoms with Gasteiger partial charge in [-0.15, -0.1) is 0 Å². The van der Waals surface area contributed by atoms with Crippen LogP contribution in [0.5, 0.6) is 0 Å². The van der Waals surface area contributed by atoms with E-state index in [4.69, 9.17) is 0 Å². The first-order chi connectivity index (χ1) is 5.38. The minimum atomic E-state index is 0.398. The standard InChI is InChI=1S/C9H15NO/c11-9(10-6-3-7-10)8-4-1-2-5-8/h8H,1-7H2. The Kier molecular flexibility index (Phi) is 1.84. The van der Waals surface area contributed by atoms with Crippen LogP contribution >= 0.6 is 0 Å². The maximum Gasteiger partial charge on any atom is 0.225 e. The van der Waals surface area contributed by atoms with Gasteiger partial charge in [-0.25, -0.2) is 0 Å². The van der Waals surface area contributed by atoms with Crippen LogP contribution in [0.1, 0.15) is 32.1 Å². The maximum absolute atomic E-state index is 11.6. The van der Waals surface area contributed by atoms with Crippen LogP contribution in [0.25, 0.3) is 0 Å². The summed E-state index contributed by atoms with van der Waals surface area (Å²) in [5, 5.41) is 0. The Bertz CT molecular complexity index is 157. The van der Waals surface area contributed by atoms with Crippen molar-refractivity contribution in [1.29, 1.82) is 0 Å². The second kappa shape index (κ2) is 2.84. The summed E-state index contributed by atoms with van der Waals surface area (Å²) in [7, 11) is 0. The lowest BCUT2D eigenvalue weighted by Crippen LogP contribution is -2.44. The van der Waals surface area contributed by atoms with E-state index in [2.05, 4.69) is 0 Å². The van der Waals surface area contributed by atoms with Gasteiger partial charge in [-0.3, -0.25) is 4.79 Å². The van der Waals surface area contributed by atoms with Crippen molar-refractivity contribution < 1.29 is 4.79 Å². The van der Waals surface area contributed by atoms with Crippen molar-refractivity contribution in [3.05, 3.63) is 0 Å². The summed E-state index contributed by atoms with van der Waals surface area (Å²) in [5.41, 5.74) is 0. The highest BCUT2D eigenvalue weighted by Gasteiger charge is 2.29. The third kappa shape index (κ3) is 1.26. The Morgan fingerprint density at radius 2 is 1.73 bits per heavy atom. The number of likely N-dealkylation sites (tertiary alicyclic amines) is 1. The van der Waals surface area contributed by atoms with E-state index < -0.39 is 0 Å². The molecule has 1 heterocycles. The highest BCUT2D eigenvalue weighted by atomic mass is 16.2. The molecule has 11 heavy (non-hydrogen) atoms. The average molecular weight is 153 g/mol. The monoisotopic (exact) mass is 153 g/mol. The molecule has 0 unspecified atom stereocenters. The Morgan fingerprint density at radius 3 is 2.18 bits per heavy atom. The van der Waals surface area contributed by atoms with Gasteiger partial charge in [-0.1, -0.05) is 12.8 Å². The van der Waals surface area contributed by atoms with Gasteiger partial charge in [0.25, 0.3) is 0 Å². The smallest absolute Gasteiger partial charge is 0.225 e. The summed E-state index contributed by atoms with van der Waals surface area (Å²) in [6.07, 6.45) is 6.05. The van der Waals surface area contributed by atoms with Crippen LogP contribution in [0.3, 0.4) is 0 Å². The summed E-state index contributed by atoms with van der Waals surface area (Å²) in [6.45, 7) is 2.05. The predicted octanol–water partition coefficient (Wildman–Crippen LogP) is 1.41. The van der Waals surface area contributed by atoms with Gasteiger partial charge in [-0.05, 0) is 19.3 Å². The third-order valence-corrected chi connectivity index (χ3v) is 2.87. The molecule has 0 atom stereocenters. The van der Waals surface area contributed by atoms with E-state index in [9.17, 15) is 4.79 Å². The quantitative estimate of drug-likeness (QED) is 0.557. The number of hydrogen-bond acceptors (Lipinski definition) is 1. The molecule has 2 fully saturated rings. The Labute approximate surface area is 67.6 Å². The average Bonchev–Trinajstić information content (AvgIpc) is 2.32. The molecule has 1 saturated carbocycles. The van der Waals surface area contributed by atoms with Gasteiger partial charge in [0.1, 0.15) is 0 Å². The fourth-order valence-corrected chi connectivity index (χ4v) is 1.97. The SMILES string of the molecule is O=C(C1CCCC1)N1CCC1. The molecule has 1 aliphatic heterocycles. The molecule has 0 bridgehead atoms. The highest BCUT2D eigenvalue weighted by Crippen LogP contribution is 2.27. The molecule has 0 aromatic carbocycles. The second-order valence-electron chi connectivity index (χ2n) is 3.66. The van der Waals surface area contributed by atoms with Crippen LogP contribution in [0.4, 0.5) is 0 Å². The summed E-state index contributed by atoms with van der Waals surface area (Å²) in [4.78, 5) is 13.6. The van der Waals surface area contributed by atoms with Crippen LogP contribution in [0.2, 0.25) is 0 Å². The lowest BCUT2D eigenvalue weighted by atomic mass is 10.0. The van der Waals surface area contributed by atoms with Crippen molar-refractivity contribution in [2.24, 2.45) is 5.92 Å². The molecule has 0 aromatic rings. The zero-order valence-electron chi connectivity index (χ0n) is 6.88. The van der Waals surface area contributed by atoms with Crippen LogP contribution < -0.4 is 0 Å². The van der Waals surface area contributed by atoms with Gasteiger partial charge in [-0.2, -0.15) is 0 Å². The Hall–Kier alpha value is -0.530. The number of nitrogens with zero attached hydrogens (tertiary/aromatic N) is 1. The lowest BCUT2D eigenvalue weighted by Gasteiger charge is -2.33. The van der Waals surface area contributed by atoms with Gasteiger partial charge >= 0.3 is 0 Å². The largest absolute Gasteiger partial charge is 0.342 e. The first kappa shape index (κ1) is 7.14. The van der Waals surface area contributed by atoms with Crippen molar-refractivity contribution in [3.8, 4) is 0 Å². The summed E-state index contributed by atoms with van der Waals surface area (Å²) in [5.74, 6) is 0.837. The predicted molar refractivity (Wildman–Crippen MR) is 43.2 cm³/mol. The molecular weight excluding hydrogens is 138 g/mol. The van der Waals surface area contributed by atoms with Gasteiger partial charge < -0.3 is 4.90 Å². The molecule has 2 aliphatic rings. The van der Waals surface area contributed by atoms with Crippen molar-refractivity contribution in [3.63, 3.8) is 0 Å². The van der Waals surface area contributed by atoms with Crippen LogP contribution in [-0.4, -0.2) is 23.9 Å². The third-order valence-electron chi connectivity index (χ3n) is 2.87. The molecule has 2 nitrogen and oxygen atoms in total. The van der Waals surface area contributed by atoms with Crippen molar-refractivity contribution in [2.45, 2.75) is 32.1 Å². The van der Waals surface area contributed by atoms with Crippen molar-refractivity contribution >= 4 is 5.91 Å². The molecular formula is C9H15NO. The molecule has 2 heteroatoms. The molecule has 1 saturated heterocycles. The summed E-state index contributed by atoms with van der Waals surface area (Å²) >= 11 is 0. The van der Waals surface area contributed by atoms with E-state index in [-0.39, 0.29) is 0 Å². The van der Waals surface area contributed by atoms with Gasteiger partial charge in [0.15, 0.2) is 0 Å². The maximum atomic E-state index is 11.6. The number of carbonyl (C=O) groups excluding carboxylic acids is 1. The lowest BCUT2D eigenvalue weighted by molar-refractivity contribution is -0.138. The Morgan fingerprint density at radius 1 is 1.09 bits per heavy atom. The molecule has 1 amide bonds. The molecule has 0 N–H and O–H groups in total. The van der Waals surface area contributed by atoms with Crippen molar-refractivity contribution in [2.75, 3.05) is 13.1 Å². The normalized spacial score (nSPS) is 25.3.